The van der Waals surface area contributed by atoms with E-state index < -0.39 is 20.0 Å². The third-order valence-corrected chi connectivity index (χ3v) is 8.68. The van der Waals surface area contributed by atoms with E-state index in [0.717, 1.165) is 22.7 Å². The Morgan fingerprint density at radius 3 is 2.24 bits per heavy atom. The van der Waals surface area contributed by atoms with Gasteiger partial charge < -0.3 is 4.90 Å². The van der Waals surface area contributed by atoms with Crippen LogP contribution < -0.4 is 9.62 Å². The van der Waals surface area contributed by atoms with Gasteiger partial charge in [0.2, 0.25) is 10.0 Å². The third-order valence-electron chi connectivity index (χ3n) is 5.47. The molecule has 0 amide bonds. The molecule has 0 aliphatic heterocycles. The summed E-state index contributed by atoms with van der Waals surface area (Å²) in [5.74, 6) is 0. The lowest BCUT2D eigenvalue weighted by Crippen LogP contribution is -2.22. The summed E-state index contributed by atoms with van der Waals surface area (Å²) >= 11 is 0. The molecular weight excluding hydrogens is 462 g/mol. The van der Waals surface area contributed by atoms with Crippen LogP contribution in [-0.4, -0.2) is 52.1 Å². The Morgan fingerprint density at radius 1 is 0.970 bits per heavy atom. The fourth-order valence-electron chi connectivity index (χ4n) is 3.45. The second-order valence-corrected chi connectivity index (χ2v) is 12.1. The molecule has 3 aromatic rings. The van der Waals surface area contributed by atoms with Crippen LogP contribution >= 0.6 is 0 Å². The first-order chi connectivity index (χ1) is 15.6. The van der Waals surface area contributed by atoms with Crippen molar-refractivity contribution in [1.82, 2.24) is 14.1 Å². The van der Waals surface area contributed by atoms with Crippen molar-refractivity contribution in [2.45, 2.75) is 35.2 Å². The lowest BCUT2D eigenvalue weighted by Gasteiger charge is -2.22. The van der Waals surface area contributed by atoms with Crippen molar-refractivity contribution in [2.75, 3.05) is 30.8 Å². The van der Waals surface area contributed by atoms with Gasteiger partial charge in [-0.25, -0.2) is 21.1 Å². The molecule has 1 N–H and O–H groups in total. The molecule has 1 aliphatic rings. The number of hydrogen-bond donors (Lipinski definition) is 1. The molecule has 4 rings (SSSR count). The minimum Gasteiger partial charge on any atom is -0.368 e. The van der Waals surface area contributed by atoms with Crippen molar-refractivity contribution in [1.29, 1.82) is 0 Å². The molecule has 2 aromatic carbocycles. The van der Waals surface area contributed by atoms with E-state index in [-0.39, 0.29) is 9.79 Å². The summed E-state index contributed by atoms with van der Waals surface area (Å²) in [5.41, 5.74) is 2.19. The zero-order chi connectivity index (χ0) is 23.8. The van der Waals surface area contributed by atoms with Crippen LogP contribution in [-0.2, 0) is 26.6 Å². The fraction of sp³-hybridized carbons (Fsp3) is 0.318. The standard InChI is InChI=1S/C22H27N5O4S2/c1-25(2)33(30,31)20-12-10-19(11-13-20)32(28,29)24-21-6-4-5-7-22(21)26(3)15-17-14-23-27(16-17)18-8-9-18/h4-7,10-14,16,18,24H,8-9,15H2,1-3H3. The van der Waals surface area contributed by atoms with Crippen LogP contribution in [0.1, 0.15) is 24.4 Å². The van der Waals surface area contributed by atoms with Crippen LogP contribution in [0.3, 0.4) is 0 Å². The Labute approximate surface area is 194 Å². The first-order valence-electron chi connectivity index (χ1n) is 10.5. The highest BCUT2D eigenvalue weighted by Gasteiger charge is 2.25. The van der Waals surface area contributed by atoms with E-state index in [2.05, 4.69) is 9.82 Å². The van der Waals surface area contributed by atoms with Crippen LogP contribution in [0.25, 0.3) is 0 Å². The Morgan fingerprint density at radius 2 is 1.61 bits per heavy atom. The summed E-state index contributed by atoms with van der Waals surface area (Å²) in [5, 5.41) is 4.41. The minimum absolute atomic E-state index is 0.0247. The number of anilines is 2. The van der Waals surface area contributed by atoms with Gasteiger partial charge in [-0.1, -0.05) is 12.1 Å². The van der Waals surface area contributed by atoms with Crippen molar-refractivity contribution in [3.05, 3.63) is 66.5 Å². The molecule has 0 atom stereocenters. The van der Waals surface area contributed by atoms with E-state index >= 15 is 0 Å². The first-order valence-corrected chi connectivity index (χ1v) is 13.4. The largest absolute Gasteiger partial charge is 0.368 e. The molecule has 1 saturated carbocycles. The molecule has 33 heavy (non-hydrogen) atoms. The Kier molecular flexibility index (Phi) is 6.21. The zero-order valence-corrected chi connectivity index (χ0v) is 20.3. The molecular formula is C22H27N5O4S2. The topological polar surface area (TPSA) is 105 Å². The molecule has 0 spiro atoms. The number of hydrogen-bond acceptors (Lipinski definition) is 6. The molecule has 0 radical (unpaired) electrons. The summed E-state index contributed by atoms with van der Waals surface area (Å²) in [6, 6.07) is 12.8. The molecule has 9 nitrogen and oxygen atoms in total. The average Bonchev–Trinajstić information content (AvgIpc) is 3.53. The maximum absolute atomic E-state index is 13.0. The van der Waals surface area contributed by atoms with Gasteiger partial charge in [-0.2, -0.15) is 5.10 Å². The second kappa shape index (κ2) is 8.81. The molecule has 176 valence electrons. The molecule has 1 aromatic heterocycles. The van der Waals surface area contributed by atoms with E-state index in [1.54, 1.807) is 12.1 Å². The van der Waals surface area contributed by atoms with Gasteiger partial charge in [0.15, 0.2) is 0 Å². The molecule has 0 unspecified atom stereocenters. The predicted octanol–water partition coefficient (Wildman–Crippen LogP) is 2.91. The maximum atomic E-state index is 13.0. The molecule has 1 aliphatic carbocycles. The van der Waals surface area contributed by atoms with Crippen LogP contribution in [0.5, 0.6) is 0 Å². The summed E-state index contributed by atoms with van der Waals surface area (Å²) in [7, 11) is -2.83. The van der Waals surface area contributed by atoms with Crippen molar-refractivity contribution in [3.8, 4) is 0 Å². The third kappa shape index (κ3) is 5.05. The Bertz CT molecular complexity index is 1350. The summed E-state index contributed by atoms with van der Waals surface area (Å²) in [6.07, 6.45) is 6.18. The highest BCUT2D eigenvalue weighted by molar-refractivity contribution is 7.92. The van der Waals surface area contributed by atoms with Gasteiger partial charge in [0.1, 0.15) is 0 Å². The fourth-order valence-corrected chi connectivity index (χ4v) is 5.43. The van der Waals surface area contributed by atoms with Gasteiger partial charge in [-0.05, 0) is 49.2 Å². The lowest BCUT2D eigenvalue weighted by atomic mass is 10.2. The molecule has 0 bridgehead atoms. The monoisotopic (exact) mass is 489 g/mol. The smallest absolute Gasteiger partial charge is 0.261 e. The molecule has 11 heteroatoms. The van der Waals surface area contributed by atoms with Crippen LogP contribution in [0, 0.1) is 0 Å². The van der Waals surface area contributed by atoms with E-state index in [1.807, 2.05) is 41.2 Å². The summed E-state index contributed by atoms with van der Waals surface area (Å²) in [4.78, 5) is 1.96. The molecule has 0 saturated heterocycles. The van der Waals surface area contributed by atoms with Crippen molar-refractivity contribution >= 4 is 31.4 Å². The predicted molar refractivity (Wildman–Crippen MR) is 127 cm³/mol. The average molecular weight is 490 g/mol. The summed E-state index contributed by atoms with van der Waals surface area (Å²) in [6.45, 7) is 0.572. The molecule has 1 fully saturated rings. The van der Waals surface area contributed by atoms with Gasteiger partial charge >= 0.3 is 0 Å². The van der Waals surface area contributed by atoms with Crippen LogP contribution in [0.2, 0.25) is 0 Å². The summed E-state index contributed by atoms with van der Waals surface area (Å²) < 4.78 is 56.2. The minimum atomic E-state index is -3.93. The number of rotatable bonds is 9. The number of nitrogens with one attached hydrogen (secondary N) is 1. The highest BCUT2D eigenvalue weighted by atomic mass is 32.2. The maximum Gasteiger partial charge on any atom is 0.261 e. The van der Waals surface area contributed by atoms with Gasteiger partial charge in [0, 0.05) is 39.4 Å². The lowest BCUT2D eigenvalue weighted by molar-refractivity contribution is 0.520. The number of aromatic nitrogens is 2. The van der Waals surface area contributed by atoms with Crippen molar-refractivity contribution < 1.29 is 16.8 Å². The molecule has 1 heterocycles. The van der Waals surface area contributed by atoms with Gasteiger partial charge in [0.05, 0.1) is 33.4 Å². The van der Waals surface area contributed by atoms with Gasteiger partial charge in [-0.15, -0.1) is 0 Å². The zero-order valence-electron chi connectivity index (χ0n) is 18.7. The SMILES string of the molecule is CN(Cc1cnn(C2CC2)c1)c1ccccc1NS(=O)(=O)c1ccc(S(=O)(=O)N(C)C)cc1. The van der Waals surface area contributed by atoms with Crippen molar-refractivity contribution in [2.24, 2.45) is 0 Å². The van der Waals surface area contributed by atoms with Gasteiger partial charge in [0.25, 0.3) is 10.0 Å². The quantitative estimate of drug-likeness (QED) is 0.496. The normalized spacial score (nSPS) is 14.4. The number of nitrogens with zero attached hydrogens (tertiary/aromatic N) is 4. The van der Waals surface area contributed by atoms with Crippen LogP contribution in [0.15, 0.2) is 70.7 Å². The number of para-hydroxylation sites is 2. The number of benzene rings is 2. The highest BCUT2D eigenvalue weighted by Crippen LogP contribution is 2.34. The van der Waals surface area contributed by atoms with E-state index in [1.165, 1.54) is 38.4 Å². The number of sulfonamides is 2. The van der Waals surface area contributed by atoms with Crippen LogP contribution in [0.4, 0.5) is 11.4 Å². The van der Waals surface area contributed by atoms with E-state index in [4.69, 9.17) is 0 Å². The van der Waals surface area contributed by atoms with Gasteiger partial charge in [-0.3, -0.25) is 9.40 Å². The van der Waals surface area contributed by atoms with Crippen molar-refractivity contribution in [3.63, 3.8) is 0 Å². The first kappa shape index (κ1) is 23.3. The Hall–Kier alpha value is -2.89. The van der Waals surface area contributed by atoms with E-state index in [9.17, 15) is 16.8 Å². The Balaban J connectivity index is 1.53. The van der Waals surface area contributed by atoms with E-state index in [0.29, 0.717) is 24.0 Å². The second-order valence-electron chi connectivity index (χ2n) is 8.30.